The predicted molar refractivity (Wildman–Crippen MR) is 85.0 cm³/mol. The molecule has 1 aromatic rings. The van der Waals surface area contributed by atoms with Gasteiger partial charge in [0.05, 0.1) is 10.6 Å². The van der Waals surface area contributed by atoms with E-state index >= 15 is 0 Å². The summed E-state index contributed by atoms with van der Waals surface area (Å²) < 4.78 is 24.7. The van der Waals surface area contributed by atoms with Crippen LogP contribution in [0.3, 0.4) is 0 Å². The summed E-state index contributed by atoms with van der Waals surface area (Å²) in [6, 6.07) is 5.91. The van der Waals surface area contributed by atoms with Gasteiger partial charge in [0.15, 0.2) is 9.84 Å². The van der Waals surface area contributed by atoms with Crippen molar-refractivity contribution in [3.63, 3.8) is 0 Å². The summed E-state index contributed by atoms with van der Waals surface area (Å²) in [5, 5.41) is 3.38. The molecular weight excluding hydrogens is 270 g/mol. The topological polar surface area (TPSA) is 46.2 Å². The average molecular weight is 297 g/mol. The quantitative estimate of drug-likeness (QED) is 0.801. The maximum atomic E-state index is 12.3. The highest BCUT2D eigenvalue weighted by atomic mass is 32.2. The van der Waals surface area contributed by atoms with Crippen LogP contribution in [0.15, 0.2) is 23.1 Å². The first kappa shape index (κ1) is 17.2. The number of benzene rings is 1. The third-order valence-electron chi connectivity index (χ3n) is 3.46. The van der Waals surface area contributed by atoms with Crippen LogP contribution in [0.2, 0.25) is 0 Å². The highest BCUT2D eigenvalue weighted by molar-refractivity contribution is 7.91. The summed E-state index contributed by atoms with van der Waals surface area (Å²) in [4.78, 5) is 0.484. The summed E-state index contributed by atoms with van der Waals surface area (Å²) >= 11 is 0. The van der Waals surface area contributed by atoms with E-state index in [2.05, 4.69) is 19.2 Å². The van der Waals surface area contributed by atoms with Gasteiger partial charge in [-0.3, -0.25) is 0 Å². The summed E-state index contributed by atoms with van der Waals surface area (Å²) in [6.45, 7) is 9.07. The Kier molecular flexibility index (Phi) is 6.69. The molecule has 0 aliphatic carbocycles. The molecule has 0 aliphatic heterocycles. The molecule has 0 saturated heterocycles. The van der Waals surface area contributed by atoms with Crippen LogP contribution in [-0.4, -0.2) is 26.8 Å². The van der Waals surface area contributed by atoms with Gasteiger partial charge in [-0.1, -0.05) is 24.6 Å². The van der Waals surface area contributed by atoms with Crippen LogP contribution < -0.4 is 5.32 Å². The van der Waals surface area contributed by atoms with Gasteiger partial charge in [-0.05, 0) is 58.2 Å². The Morgan fingerprint density at radius 2 is 1.95 bits per heavy atom. The average Bonchev–Trinajstić information content (AvgIpc) is 2.35. The molecule has 3 nitrogen and oxygen atoms in total. The maximum absolute atomic E-state index is 12.3. The summed E-state index contributed by atoms with van der Waals surface area (Å²) in [5.74, 6) is 0.231. The zero-order valence-electron chi connectivity index (χ0n) is 13.1. The first-order chi connectivity index (χ1) is 9.36. The van der Waals surface area contributed by atoms with E-state index in [1.165, 1.54) is 0 Å². The second kappa shape index (κ2) is 7.79. The second-order valence-corrected chi connectivity index (χ2v) is 7.66. The SMILES string of the molecule is CCCNC(C)CCCS(=O)(=O)c1ccc(C)cc1C. The highest BCUT2D eigenvalue weighted by Gasteiger charge is 2.17. The Labute approximate surface area is 123 Å². The van der Waals surface area contributed by atoms with Gasteiger partial charge < -0.3 is 5.32 Å². The number of rotatable bonds is 8. The number of sulfone groups is 1. The van der Waals surface area contributed by atoms with Gasteiger partial charge in [-0.25, -0.2) is 8.42 Å². The standard InChI is InChI=1S/C16H27NO2S/c1-5-10-17-15(4)7-6-11-20(18,19)16-9-8-13(2)12-14(16)3/h8-9,12,15,17H,5-7,10-11H2,1-4H3. The van der Waals surface area contributed by atoms with Crippen molar-refractivity contribution in [2.45, 2.75) is 57.9 Å². The van der Waals surface area contributed by atoms with Crippen LogP contribution >= 0.6 is 0 Å². The van der Waals surface area contributed by atoms with Crippen molar-refractivity contribution < 1.29 is 8.42 Å². The van der Waals surface area contributed by atoms with E-state index in [1.807, 2.05) is 26.0 Å². The molecule has 0 radical (unpaired) electrons. The molecule has 1 N–H and O–H groups in total. The normalized spacial score (nSPS) is 13.4. The minimum Gasteiger partial charge on any atom is -0.314 e. The minimum absolute atomic E-state index is 0.231. The van der Waals surface area contributed by atoms with E-state index in [0.29, 0.717) is 17.4 Å². The molecular formula is C16H27NO2S. The third-order valence-corrected chi connectivity index (χ3v) is 5.41. The van der Waals surface area contributed by atoms with E-state index in [-0.39, 0.29) is 5.75 Å². The van der Waals surface area contributed by atoms with E-state index in [0.717, 1.165) is 30.5 Å². The van der Waals surface area contributed by atoms with Crippen LogP contribution in [0, 0.1) is 13.8 Å². The van der Waals surface area contributed by atoms with E-state index < -0.39 is 9.84 Å². The van der Waals surface area contributed by atoms with Crippen molar-refractivity contribution in [2.24, 2.45) is 0 Å². The third kappa shape index (κ3) is 5.25. The fourth-order valence-electron chi connectivity index (χ4n) is 2.33. The van der Waals surface area contributed by atoms with Crippen LogP contribution in [0.4, 0.5) is 0 Å². The van der Waals surface area contributed by atoms with Crippen molar-refractivity contribution in [3.05, 3.63) is 29.3 Å². The van der Waals surface area contributed by atoms with Gasteiger partial charge in [-0.15, -0.1) is 0 Å². The van der Waals surface area contributed by atoms with E-state index in [1.54, 1.807) is 6.07 Å². The summed E-state index contributed by atoms with van der Waals surface area (Å²) in [7, 11) is -3.15. The Morgan fingerprint density at radius 3 is 2.55 bits per heavy atom. The minimum atomic E-state index is -3.15. The molecule has 0 amide bonds. The Balaban J connectivity index is 2.58. The number of hydrogen-bond donors (Lipinski definition) is 1. The van der Waals surface area contributed by atoms with Crippen LogP contribution in [0.5, 0.6) is 0 Å². The molecule has 0 bridgehead atoms. The van der Waals surface area contributed by atoms with Crippen molar-refractivity contribution >= 4 is 9.84 Å². The first-order valence-corrected chi connectivity index (χ1v) is 9.05. The number of aryl methyl sites for hydroxylation is 2. The van der Waals surface area contributed by atoms with Crippen LogP contribution in [0.25, 0.3) is 0 Å². The molecule has 114 valence electrons. The molecule has 0 spiro atoms. The lowest BCUT2D eigenvalue weighted by molar-refractivity contribution is 0.506. The van der Waals surface area contributed by atoms with E-state index in [4.69, 9.17) is 0 Å². The summed E-state index contributed by atoms with van der Waals surface area (Å²) in [5.41, 5.74) is 1.95. The number of hydrogen-bond acceptors (Lipinski definition) is 3. The monoisotopic (exact) mass is 297 g/mol. The molecule has 1 rings (SSSR count). The molecule has 0 heterocycles. The summed E-state index contributed by atoms with van der Waals surface area (Å²) in [6.07, 6.45) is 2.70. The maximum Gasteiger partial charge on any atom is 0.178 e. The van der Waals surface area contributed by atoms with Crippen LogP contribution in [-0.2, 0) is 9.84 Å². The fraction of sp³-hybridized carbons (Fsp3) is 0.625. The smallest absolute Gasteiger partial charge is 0.178 e. The van der Waals surface area contributed by atoms with Gasteiger partial charge in [0.25, 0.3) is 0 Å². The lowest BCUT2D eigenvalue weighted by atomic mass is 10.2. The van der Waals surface area contributed by atoms with Gasteiger partial charge in [-0.2, -0.15) is 0 Å². The highest BCUT2D eigenvalue weighted by Crippen LogP contribution is 2.19. The lowest BCUT2D eigenvalue weighted by Gasteiger charge is -2.13. The van der Waals surface area contributed by atoms with Crippen molar-refractivity contribution in [3.8, 4) is 0 Å². The molecule has 0 saturated carbocycles. The lowest BCUT2D eigenvalue weighted by Crippen LogP contribution is -2.27. The molecule has 0 aliphatic rings. The molecule has 0 aromatic heterocycles. The number of nitrogens with one attached hydrogen (secondary N) is 1. The van der Waals surface area contributed by atoms with Gasteiger partial charge in [0.1, 0.15) is 0 Å². The van der Waals surface area contributed by atoms with Crippen LogP contribution in [0.1, 0.15) is 44.2 Å². The Hall–Kier alpha value is -0.870. The molecule has 1 atom stereocenters. The molecule has 4 heteroatoms. The van der Waals surface area contributed by atoms with Gasteiger partial charge >= 0.3 is 0 Å². The second-order valence-electron chi connectivity index (χ2n) is 5.59. The van der Waals surface area contributed by atoms with Gasteiger partial charge in [0.2, 0.25) is 0 Å². The first-order valence-electron chi connectivity index (χ1n) is 7.40. The van der Waals surface area contributed by atoms with Crippen molar-refractivity contribution in [2.75, 3.05) is 12.3 Å². The van der Waals surface area contributed by atoms with Crippen molar-refractivity contribution in [1.82, 2.24) is 5.32 Å². The molecule has 0 fully saturated rings. The predicted octanol–water partition coefficient (Wildman–Crippen LogP) is 3.25. The molecule has 1 aromatic carbocycles. The Bertz CT molecular complexity index is 523. The zero-order valence-corrected chi connectivity index (χ0v) is 13.9. The Morgan fingerprint density at radius 1 is 1.25 bits per heavy atom. The molecule has 20 heavy (non-hydrogen) atoms. The molecule has 1 unspecified atom stereocenters. The largest absolute Gasteiger partial charge is 0.314 e. The van der Waals surface area contributed by atoms with Crippen molar-refractivity contribution in [1.29, 1.82) is 0 Å². The fourth-order valence-corrected chi connectivity index (χ4v) is 3.92. The van der Waals surface area contributed by atoms with Gasteiger partial charge in [0, 0.05) is 6.04 Å². The van der Waals surface area contributed by atoms with E-state index in [9.17, 15) is 8.42 Å². The zero-order chi connectivity index (χ0) is 15.2.